The molecule has 0 saturated carbocycles. The molecule has 84 valence electrons. The summed E-state index contributed by atoms with van der Waals surface area (Å²) in [6.45, 7) is 2.18. The number of hydrogen-bond acceptors (Lipinski definition) is 5. The van der Waals surface area contributed by atoms with E-state index in [1.165, 1.54) is 0 Å². The van der Waals surface area contributed by atoms with Crippen molar-refractivity contribution >= 4 is 11.5 Å². The summed E-state index contributed by atoms with van der Waals surface area (Å²) in [5, 5.41) is 11.4. The first-order valence-corrected chi connectivity index (χ1v) is 5.42. The zero-order valence-corrected chi connectivity index (χ0v) is 9.17. The Bertz CT molecular complexity index is 493. The van der Waals surface area contributed by atoms with Crippen molar-refractivity contribution in [2.24, 2.45) is 0 Å². The summed E-state index contributed by atoms with van der Waals surface area (Å²) in [6, 6.07) is 0.459. The third kappa shape index (κ3) is 1.61. The fraction of sp³-hybridized carbons (Fsp3) is 0.500. The third-order valence-electron chi connectivity index (χ3n) is 2.95. The second kappa shape index (κ2) is 3.71. The van der Waals surface area contributed by atoms with Crippen LogP contribution in [0, 0.1) is 0 Å². The summed E-state index contributed by atoms with van der Waals surface area (Å²) in [6.07, 6.45) is 6.44. The summed E-state index contributed by atoms with van der Waals surface area (Å²) < 4.78 is 1.87. The largest absolute Gasteiger partial charge is 0.363 e. The van der Waals surface area contributed by atoms with Crippen molar-refractivity contribution in [1.82, 2.24) is 24.5 Å². The molecule has 0 aromatic carbocycles. The van der Waals surface area contributed by atoms with Gasteiger partial charge in [-0.25, -0.2) is 4.98 Å². The molecule has 3 heterocycles. The van der Waals surface area contributed by atoms with E-state index in [4.69, 9.17) is 0 Å². The van der Waals surface area contributed by atoms with Gasteiger partial charge in [0, 0.05) is 25.0 Å². The molecule has 0 radical (unpaired) electrons. The Kier molecular flexibility index (Phi) is 2.21. The van der Waals surface area contributed by atoms with Crippen LogP contribution in [0.2, 0.25) is 0 Å². The number of likely N-dealkylation sites (N-methyl/N-ethyl adjacent to an activating group) is 1. The first kappa shape index (κ1) is 9.53. The van der Waals surface area contributed by atoms with Crippen molar-refractivity contribution in [3.63, 3.8) is 0 Å². The fourth-order valence-corrected chi connectivity index (χ4v) is 2.11. The van der Waals surface area contributed by atoms with Crippen molar-refractivity contribution in [3.8, 4) is 0 Å². The van der Waals surface area contributed by atoms with E-state index in [2.05, 4.69) is 32.4 Å². The summed E-state index contributed by atoms with van der Waals surface area (Å²) >= 11 is 0. The highest BCUT2D eigenvalue weighted by Crippen LogP contribution is 2.15. The lowest BCUT2D eigenvalue weighted by molar-refractivity contribution is 0.414. The Morgan fingerprint density at radius 2 is 2.44 bits per heavy atom. The summed E-state index contributed by atoms with van der Waals surface area (Å²) in [7, 11) is 2.13. The molecule has 1 N–H and O–H groups in total. The fourth-order valence-electron chi connectivity index (χ4n) is 2.11. The van der Waals surface area contributed by atoms with Crippen LogP contribution in [0.1, 0.15) is 6.42 Å². The minimum absolute atomic E-state index is 0.459. The van der Waals surface area contributed by atoms with E-state index in [0.29, 0.717) is 6.04 Å². The summed E-state index contributed by atoms with van der Waals surface area (Å²) in [4.78, 5) is 6.62. The Morgan fingerprint density at radius 1 is 1.50 bits per heavy atom. The third-order valence-corrected chi connectivity index (χ3v) is 2.95. The predicted molar refractivity (Wildman–Crippen MR) is 60.3 cm³/mol. The van der Waals surface area contributed by atoms with E-state index >= 15 is 0 Å². The molecule has 1 saturated heterocycles. The van der Waals surface area contributed by atoms with Gasteiger partial charge in [-0.15, -0.1) is 10.2 Å². The molecule has 1 atom stereocenters. The van der Waals surface area contributed by atoms with Gasteiger partial charge in [0.15, 0.2) is 5.82 Å². The number of nitrogens with one attached hydrogen (secondary N) is 1. The van der Waals surface area contributed by atoms with Crippen molar-refractivity contribution in [2.75, 3.05) is 25.5 Å². The number of anilines is 1. The van der Waals surface area contributed by atoms with Gasteiger partial charge in [0.05, 0.1) is 0 Å². The van der Waals surface area contributed by atoms with Crippen LogP contribution in [0.25, 0.3) is 5.65 Å². The highest BCUT2D eigenvalue weighted by Gasteiger charge is 2.20. The molecule has 2 aromatic heterocycles. The van der Waals surface area contributed by atoms with E-state index in [-0.39, 0.29) is 0 Å². The molecular weight excluding hydrogens is 204 g/mol. The maximum atomic E-state index is 4.31. The Morgan fingerprint density at radius 3 is 3.25 bits per heavy atom. The number of nitrogens with zero attached hydrogens (tertiary/aromatic N) is 5. The molecule has 1 aliphatic heterocycles. The van der Waals surface area contributed by atoms with Crippen LogP contribution in [0.4, 0.5) is 5.82 Å². The molecule has 0 aliphatic carbocycles. The summed E-state index contributed by atoms with van der Waals surface area (Å²) in [5.41, 5.74) is 0.789. The van der Waals surface area contributed by atoms with Crippen LogP contribution in [-0.2, 0) is 0 Å². The highest BCUT2D eigenvalue weighted by molar-refractivity contribution is 5.61. The summed E-state index contributed by atoms with van der Waals surface area (Å²) in [5.74, 6) is 0.820. The highest BCUT2D eigenvalue weighted by atomic mass is 15.3. The normalized spacial score (nSPS) is 21.7. The number of likely N-dealkylation sites (tertiary alicyclic amines) is 1. The van der Waals surface area contributed by atoms with Gasteiger partial charge in [-0.1, -0.05) is 0 Å². The number of aromatic nitrogens is 4. The van der Waals surface area contributed by atoms with Gasteiger partial charge in [-0.05, 0) is 20.0 Å². The van der Waals surface area contributed by atoms with Crippen LogP contribution < -0.4 is 5.32 Å². The molecule has 1 unspecified atom stereocenters. The monoisotopic (exact) mass is 218 g/mol. The van der Waals surface area contributed by atoms with Crippen molar-refractivity contribution in [3.05, 3.63) is 18.7 Å². The van der Waals surface area contributed by atoms with Gasteiger partial charge in [0.1, 0.15) is 6.33 Å². The molecule has 1 fully saturated rings. The molecule has 0 spiro atoms. The first-order valence-electron chi connectivity index (χ1n) is 5.42. The Balaban J connectivity index is 1.86. The van der Waals surface area contributed by atoms with E-state index in [0.717, 1.165) is 31.0 Å². The molecule has 6 heteroatoms. The predicted octanol–water partition coefficient (Wildman–Crippen LogP) is 0.240. The zero-order valence-electron chi connectivity index (χ0n) is 9.17. The Labute approximate surface area is 93.3 Å². The smallest absolute Gasteiger partial charge is 0.203 e. The molecule has 0 amide bonds. The van der Waals surface area contributed by atoms with Crippen LogP contribution in [-0.4, -0.2) is 50.7 Å². The van der Waals surface area contributed by atoms with Crippen LogP contribution in [0.15, 0.2) is 18.7 Å². The quantitative estimate of drug-likeness (QED) is 0.782. The van der Waals surface area contributed by atoms with Crippen LogP contribution in [0.5, 0.6) is 0 Å². The Hall–Kier alpha value is -1.69. The minimum Gasteiger partial charge on any atom is -0.363 e. The topological polar surface area (TPSA) is 58.4 Å². The van der Waals surface area contributed by atoms with Crippen molar-refractivity contribution < 1.29 is 0 Å². The second-order valence-electron chi connectivity index (χ2n) is 4.23. The van der Waals surface area contributed by atoms with E-state index in [1.54, 1.807) is 12.5 Å². The number of hydrogen-bond donors (Lipinski definition) is 1. The van der Waals surface area contributed by atoms with Gasteiger partial charge in [0.25, 0.3) is 0 Å². The average Bonchev–Trinajstić information content (AvgIpc) is 2.87. The molecule has 16 heavy (non-hydrogen) atoms. The van der Waals surface area contributed by atoms with E-state index in [9.17, 15) is 0 Å². The molecule has 3 rings (SSSR count). The zero-order chi connectivity index (χ0) is 11.0. The number of rotatable bonds is 2. The average molecular weight is 218 g/mol. The second-order valence-corrected chi connectivity index (χ2v) is 4.23. The van der Waals surface area contributed by atoms with Gasteiger partial charge >= 0.3 is 0 Å². The molecule has 2 aromatic rings. The minimum atomic E-state index is 0.459. The van der Waals surface area contributed by atoms with Crippen molar-refractivity contribution in [1.29, 1.82) is 0 Å². The lowest BCUT2D eigenvalue weighted by Crippen LogP contribution is -2.24. The van der Waals surface area contributed by atoms with Crippen LogP contribution >= 0.6 is 0 Å². The van der Waals surface area contributed by atoms with Crippen molar-refractivity contribution in [2.45, 2.75) is 12.5 Å². The SMILES string of the molecule is CN1CCC(Nc2nccn3cnnc23)C1. The molecular formula is C10H14N6. The van der Waals surface area contributed by atoms with Gasteiger partial charge in [0.2, 0.25) is 5.65 Å². The lowest BCUT2D eigenvalue weighted by Gasteiger charge is -2.13. The van der Waals surface area contributed by atoms with Crippen LogP contribution in [0.3, 0.4) is 0 Å². The molecule has 1 aliphatic rings. The van der Waals surface area contributed by atoms with Gasteiger partial charge in [-0.2, -0.15) is 0 Å². The first-order chi connectivity index (χ1) is 7.83. The molecule has 0 bridgehead atoms. The standard InChI is InChI=1S/C10H14N6/c1-15-4-2-8(6-15)13-9-10-14-12-7-16(10)5-3-11-9/h3,5,7-8H,2,4,6H2,1H3,(H,11,13). The lowest BCUT2D eigenvalue weighted by atomic mass is 10.2. The van der Waals surface area contributed by atoms with E-state index < -0.39 is 0 Å². The molecule has 6 nitrogen and oxygen atoms in total. The maximum absolute atomic E-state index is 4.31. The maximum Gasteiger partial charge on any atom is 0.203 e. The van der Waals surface area contributed by atoms with Gasteiger partial charge < -0.3 is 10.2 Å². The number of fused-ring (bicyclic) bond motifs is 1. The van der Waals surface area contributed by atoms with Gasteiger partial charge in [-0.3, -0.25) is 4.40 Å². The van der Waals surface area contributed by atoms with E-state index in [1.807, 2.05) is 10.6 Å².